The van der Waals surface area contributed by atoms with Crippen LogP contribution in [0.5, 0.6) is 0 Å². The number of allylic oxidation sites excluding steroid dienone is 1. The van der Waals surface area contributed by atoms with Crippen molar-refractivity contribution in [3.8, 4) is 6.07 Å². The number of carbonyl (C=O) groups excluding carboxylic acids is 1. The number of fused-ring (bicyclic) bond motifs is 1. The summed E-state index contributed by atoms with van der Waals surface area (Å²) >= 11 is 0. The van der Waals surface area contributed by atoms with Crippen LogP contribution in [0.4, 0.5) is 0 Å². The Morgan fingerprint density at radius 3 is 2.88 bits per heavy atom. The molecule has 0 amide bonds. The first-order chi connectivity index (χ1) is 12.6. The van der Waals surface area contributed by atoms with Gasteiger partial charge in [-0.2, -0.15) is 5.26 Å². The Kier molecular flexibility index (Phi) is 4.85. The van der Waals surface area contributed by atoms with E-state index in [0.717, 1.165) is 11.3 Å². The minimum atomic E-state index is -0.674. The lowest BCUT2D eigenvalue weighted by molar-refractivity contribution is -0.137. The number of nitrogens with zero attached hydrogens (tertiary/aromatic N) is 2. The number of ether oxygens (including phenoxy) is 1. The van der Waals surface area contributed by atoms with E-state index in [4.69, 9.17) is 9.15 Å². The van der Waals surface area contributed by atoms with Crippen molar-refractivity contribution < 1.29 is 19.1 Å². The summed E-state index contributed by atoms with van der Waals surface area (Å²) in [6, 6.07) is 12.6. The van der Waals surface area contributed by atoms with Crippen LogP contribution in [0.3, 0.4) is 0 Å². The minimum absolute atomic E-state index is 0.0837. The number of carbonyl (C=O) groups is 1. The maximum atomic E-state index is 11.7. The van der Waals surface area contributed by atoms with Gasteiger partial charge in [0, 0.05) is 6.08 Å². The molecule has 3 rings (SSSR count). The highest BCUT2D eigenvalue weighted by Gasteiger charge is 2.14. The van der Waals surface area contributed by atoms with Crippen LogP contribution < -0.4 is 0 Å². The van der Waals surface area contributed by atoms with Gasteiger partial charge in [0.15, 0.2) is 11.6 Å². The Labute approximate surface area is 148 Å². The molecule has 7 heteroatoms. The molecule has 2 heterocycles. The molecule has 7 nitrogen and oxygen atoms in total. The number of aliphatic hydroxyl groups is 1. The number of nitrogens with one attached hydrogen (secondary N) is 1. The van der Waals surface area contributed by atoms with Crippen LogP contribution in [0.2, 0.25) is 0 Å². The van der Waals surface area contributed by atoms with Crippen molar-refractivity contribution >= 4 is 28.7 Å². The van der Waals surface area contributed by atoms with Crippen LogP contribution in [0.15, 0.2) is 52.7 Å². The van der Waals surface area contributed by atoms with Crippen molar-refractivity contribution in [2.24, 2.45) is 0 Å². The Balaban J connectivity index is 1.69. The van der Waals surface area contributed by atoms with E-state index in [2.05, 4.69) is 9.97 Å². The molecule has 26 heavy (non-hydrogen) atoms. The average molecular weight is 349 g/mol. The van der Waals surface area contributed by atoms with Gasteiger partial charge in [0.1, 0.15) is 29.8 Å². The van der Waals surface area contributed by atoms with Gasteiger partial charge in [0.25, 0.3) is 0 Å². The Morgan fingerprint density at radius 2 is 2.19 bits per heavy atom. The van der Waals surface area contributed by atoms with Crippen LogP contribution in [-0.4, -0.2) is 27.7 Å². The summed E-state index contributed by atoms with van der Waals surface area (Å²) in [5.74, 6) is 0.390. The second-order valence-electron chi connectivity index (χ2n) is 5.43. The molecule has 0 aliphatic rings. The summed E-state index contributed by atoms with van der Waals surface area (Å²) in [4.78, 5) is 18.9. The van der Waals surface area contributed by atoms with Gasteiger partial charge < -0.3 is 19.2 Å². The molecule has 0 fully saturated rings. The first-order valence-electron chi connectivity index (χ1n) is 7.75. The van der Waals surface area contributed by atoms with Gasteiger partial charge in [-0.3, -0.25) is 0 Å². The number of para-hydroxylation sites is 2. The van der Waals surface area contributed by atoms with E-state index in [1.54, 1.807) is 31.2 Å². The standard InChI is InChI=1S/C19H15N3O4/c1-12-6-7-13(26-12)8-9-18(24)25-11-17(23)14(10-20)19-21-15-4-2-3-5-16(15)22-19/h2-9,23H,11H2,1H3,(H,21,22)/b9-8?,17-14-. The van der Waals surface area contributed by atoms with Crippen molar-refractivity contribution in [2.45, 2.75) is 6.92 Å². The molecular weight excluding hydrogens is 334 g/mol. The van der Waals surface area contributed by atoms with Gasteiger partial charge in [0.2, 0.25) is 0 Å². The van der Waals surface area contributed by atoms with E-state index >= 15 is 0 Å². The summed E-state index contributed by atoms with van der Waals surface area (Å²) in [7, 11) is 0. The fraction of sp³-hybridized carbons (Fsp3) is 0.105. The predicted molar refractivity (Wildman–Crippen MR) is 94.7 cm³/mol. The topological polar surface area (TPSA) is 112 Å². The lowest BCUT2D eigenvalue weighted by Crippen LogP contribution is -2.06. The van der Waals surface area contributed by atoms with Crippen molar-refractivity contribution in [3.05, 3.63) is 65.6 Å². The molecule has 0 saturated heterocycles. The Morgan fingerprint density at radius 1 is 1.38 bits per heavy atom. The first kappa shape index (κ1) is 17.0. The third-order valence-corrected chi connectivity index (χ3v) is 3.52. The highest BCUT2D eigenvalue weighted by Crippen LogP contribution is 2.18. The second kappa shape index (κ2) is 7.40. The number of imidazole rings is 1. The molecule has 130 valence electrons. The third kappa shape index (κ3) is 3.82. The number of rotatable bonds is 5. The molecule has 0 unspecified atom stereocenters. The molecule has 0 atom stereocenters. The number of aromatic nitrogens is 2. The summed E-state index contributed by atoms with van der Waals surface area (Å²) in [5.41, 5.74) is 1.31. The fourth-order valence-electron chi connectivity index (χ4n) is 2.28. The zero-order valence-electron chi connectivity index (χ0n) is 13.9. The molecule has 1 aromatic carbocycles. The predicted octanol–water partition coefficient (Wildman–Crippen LogP) is 3.51. The molecule has 0 spiro atoms. The molecule has 3 aromatic rings. The number of aryl methyl sites for hydroxylation is 1. The molecule has 0 bridgehead atoms. The highest BCUT2D eigenvalue weighted by atomic mass is 16.5. The zero-order valence-corrected chi connectivity index (χ0v) is 13.9. The van der Waals surface area contributed by atoms with Crippen molar-refractivity contribution in [3.63, 3.8) is 0 Å². The van der Waals surface area contributed by atoms with Gasteiger partial charge in [-0.15, -0.1) is 0 Å². The molecule has 2 N–H and O–H groups in total. The Bertz CT molecular complexity index is 1020. The van der Waals surface area contributed by atoms with Crippen molar-refractivity contribution in [1.82, 2.24) is 9.97 Å². The number of hydrogen-bond acceptors (Lipinski definition) is 6. The fourth-order valence-corrected chi connectivity index (χ4v) is 2.28. The van der Waals surface area contributed by atoms with E-state index in [1.807, 2.05) is 18.2 Å². The number of benzene rings is 1. The van der Waals surface area contributed by atoms with Crippen LogP contribution in [0.1, 0.15) is 17.3 Å². The zero-order chi connectivity index (χ0) is 18.5. The Hall–Kier alpha value is -3.79. The maximum absolute atomic E-state index is 11.7. The van der Waals surface area contributed by atoms with E-state index < -0.39 is 12.6 Å². The summed E-state index contributed by atoms with van der Waals surface area (Å²) < 4.78 is 10.2. The van der Waals surface area contributed by atoms with Crippen molar-refractivity contribution in [2.75, 3.05) is 6.61 Å². The van der Waals surface area contributed by atoms with Crippen LogP contribution >= 0.6 is 0 Å². The van der Waals surface area contributed by atoms with Crippen molar-refractivity contribution in [1.29, 1.82) is 5.26 Å². The van der Waals surface area contributed by atoms with Gasteiger partial charge >= 0.3 is 5.97 Å². The SMILES string of the molecule is Cc1ccc(C=CC(=O)OC/C(O)=C(\C#N)c2nc3ccccc3[nH]2)o1. The number of nitriles is 1. The number of hydrogen-bond donors (Lipinski definition) is 2. The first-order valence-corrected chi connectivity index (χ1v) is 7.75. The van der Waals surface area contributed by atoms with Gasteiger partial charge in [-0.05, 0) is 37.3 Å². The minimum Gasteiger partial charge on any atom is -0.507 e. The summed E-state index contributed by atoms with van der Waals surface area (Å²) in [6.45, 7) is 1.35. The quantitative estimate of drug-likeness (QED) is 0.315. The van der Waals surface area contributed by atoms with E-state index in [9.17, 15) is 15.2 Å². The average Bonchev–Trinajstić information content (AvgIpc) is 3.24. The lowest BCUT2D eigenvalue weighted by Gasteiger charge is -2.03. The molecule has 2 aromatic heterocycles. The summed E-state index contributed by atoms with van der Waals surface area (Å²) in [6.07, 6.45) is 2.64. The molecule has 0 aliphatic heterocycles. The number of aromatic amines is 1. The number of furan rings is 1. The van der Waals surface area contributed by atoms with E-state index in [1.165, 1.54) is 12.2 Å². The van der Waals surface area contributed by atoms with Gasteiger partial charge in [-0.1, -0.05) is 12.1 Å². The molecular formula is C19H15N3O4. The smallest absolute Gasteiger partial charge is 0.331 e. The summed E-state index contributed by atoms with van der Waals surface area (Å²) in [5, 5.41) is 19.4. The number of esters is 1. The van der Waals surface area contributed by atoms with E-state index in [-0.39, 0.29) is 17.2 Å². The van der Waals surface area contributed by atoms with Crippen LogP contribution in [-0.2, 0) is 9.53 Å². The monoisotopic (exact) mass is 349 g/mol. The van der Waals surface area contributed by atoms with Gasteiger partial charge in [-0.25, -0.2) is 9.78 Å². The molecule has 0 saturated carbocycles. The maximum Gasteiger partial charge on any atom is 0.331 e. The normalized spacial score (nSPS) is 12.2. The lowest BCUT2D eigenvalue weighted by atomic mass is 10.2. The van der Waals surface area contributed by atoms with E-state index in [0.29, 0.717) is 11.3 Å². The molecule has 0 aliphatic carbocycles. The third-order valence-electron chi connectivity index (χ3n) is 3.52. The number of H-pyrrole nitrogens is 1. The second-order valence-corrected chi connectivity index (χ2v) is 5.43. The highest BCUT2D eigenvalue weighted by molar-refractivity contribution is 5.87. The number of aliphatic hydroxyl groups excluding tert-OH is 1. The van der Waals surface area contributed by atoms with Crippen LogP contribution in [0.25, 0.3) is 22.7 Å². The largest absolute Gasteiger partial charge is 0.507 e. The van der Waals surface area contributed by atoms with Crippen LogP contribution in [0, 0.1) is 18.3 Å². The molecule has 0 radical (unpaired) electrons. The van der Waals surface area contributed by atoms with Gasteiger partial charge in [0.05, 0.1) is 11.0 Å².